The van der Waals surface area contributed by atoms with Crippen LogP contribution in [0.3, 0.4) is 0 Å². The third kappa shape index (κ3) is 3.13. The van der Waals surface area contributed by atoms with Gasteiger partial charge in [0.25, 0.3) is 0 Å². The summed E-state index contributed by atoms with van der Waals surface area (Å²) >= 11 is 0. The standard InChI is InChI=1S/C12H19NO2/c1-8(2)13-9(3)11-6-5-10(15-4)7-12(11)14/h5-9,13-14H,1-4H3. The van der Waals surface area contributed by atoms with Gasteiger partial charge in [-0.1, -0.05) is 19.9 Å². The first-order valence-corrected chi connectivity index (χ1v) is 5.17. The van der Waals surface area contributed by atoms with E-state index >= 15 is 0 Å². The van der Waals surface area contributed by atoms with Gasteiger partial charge in [0, 0.05) is 23.7 Å². The van der Waals surface area contributed by atoms with E-state index in [1.807, 2.05) is 19.1 Å². The number of rotatable bonds is 4. The van der Waals surface area contributed by atoms with Crippen LogP contribution in [0.5, 0.6) is 11.5 Å². The molecule has 0 fully saturated rings. The maximum atomic E-state index is 9.79. The maximum Gasteiger partial charge on any atom is 0.124 e. The fraction of sp³-hybridized carbons (Fsp3) is 0.500. The van der Waals surface area contributed by atoms with Crippen LogP contribution in [0.25, 0.3) is 0 Å². The van der Waals surface area contributed by atoms with Crippen molar-refractivity contribution in [2.24, 2.45) is 0 Å². The van der Waals surface area contributed by atoms with Crippen LogP contribution >= 0.6 is 0 Å². The Labute approximate surface area is 91.1 Å². The van der Waals surface area contributed by atoms with Crippen molar-refractivity contribution in [2.45, 2.75) is 32.9 Å². The smallest absolute Gasteiger partial charge is 0.124 e. The maximum absolute atomic E-state index is 9.79. The zero-order valence-corrected chi connectivity index (χ0v) is 9.74. The number of phenolic OH excluding ortho intramolecular Hbond substituents is 1. The van der Waals surface area contributed by atoms with Crippen LogP contribution in [-0.2, 0) is 0 Å². The molecule has 3 heteroatoms. The minimum atomic E-state index is 0.135. The summed E-state index contributed by atoms with van der Waals surface area (Å²) in [7, 11) is 1.59. The lowest BCUT2D eigenvalue weighted by molar-refractivity contribution is 0.402. The van der Waals surface area contributed by atoms with Gasteiger partial charge in [-0.05, 0) is 13.0 Å². The van der Waals surface area contributed by atoms with Crippen molar-refractivity contribution in [3.05, 3.63) is 23.8 Å². The lowest BCUT2D eigenvalue weighted by Gasteiger charge is -2.18. The summed E-state index contributed by atoms with van der Waals surface area (Å²) in [5, 5.41) is 13.1. The molecule has 1 rings (SSSR count). The summed E-state index contributed by atoms with van der Waals surface area (Å²) < 4.78 is 5.03. The molecule has 3 nitrogen and oxygen atoms in total. The van der Waals surface area contributed by atoms with Gasteiger partial charge in [-0.3, -0.25) is 0 Å². The second-order valence-electron chi connectivity index (χ2n) is 3.97. The van der Waals surface area contributed by atoms with Crippen molar-refractivity contribution < 1.29 is 9.84 Å². The Hall–Kier alpha value is -1.22. The number of benzene rings is 1. The molecule has 1 unspecified atom stereocenters. The van der Waals surface area contributed by atoms with E-state index in [4.69, 9.17) is 4.74 Å². The molecule has 0 radical (unpaired) electrons. The van der Waals surface area contributed by atoms with Crippen molar-refractivity contribution in [3.63, 3.8) is 0 Å². The zero-order chi connectivity index (χ0) is 11.4. The highest BCUT2D eigenvalue weighted by atomic mass is 16.5. The van der Waals surface area contributed by atoms with E-state index in [-0.39, 0.29) is 11.8 Å². The third-order valence-corrected chi connectivity index (χ3v) is 2.29. The first kappa shape index (κ1) is 11.9. The van der Waals surface area contributed by atoms with Crippen LogP contribution in [0.1, 0.15) is 32.4 Å². The quantitative estimate of drug-likeness (QED) is 0.800. The molecule has 1 aromatic carbocycles. The molecule has 0 saturated carbocycles. The van der Waals surface area contributed by atoms with E-state index in [0.29, 0.717) is 11.8 Å². The number of nitrogens with one attached hydrogen (secondary N) is 1. The Balaban J connectivity index is 2.85. The fourth-order valence-corrected chi connectivity index (χ4v) is 1.61. The molecule has 0 bridgehead atoms. The molecule has 0 aliphatic carbocycles. The predicted molar refractivity (Wildman–Crippen MR) is 61.3 cm³/mol. The number of hydrogen-bond acceptors (Lipinski definition) is 3. The number of methoxy groups -OCH3 is 1. The molecule has 15 heavy (non-hydrogen) atoms. The third-order valence-electron chi connectivity index (χ3n) is 2.29. The van der Waals surface area contributed by atoms with Gasteiger partial charge in [-0.2, -0.15) is 0 Å². The summed E-state index contributed by atoms with van der Waals surface area (Å²) in [4.78, 5) is 0. The van der Waals surface area contributed by atoms with Crippen LogP contribution in [0.15, 0.2) is 18.2 Å². The van der Waals surface area contributed by atoms with Gasteiger partial charge >= 0.3 is 0 Å². The predicted octanol–water partition coefficient (Wildman–Crippen LogP) is 2.46. The van der Waals surface area contributed by atoms with Crippen molar-refractivity contribution >= 4 is 0 Å². The van der Waals surface area contributed by atoms with Gasteiger partial charge in [-0.15, -0.1) is 0 Å². The minimum Gasteiger partial charge on any atom is -0.507 e. The molecule has 0 saturated heterocycles. The van der Waals surface area contributed by atoms with Gasteiger partial charge < -0.3 is 15.2 Å². The SMILES string of the molecule is COc1ccc(C(C)NC(C)C)c(O)c1. The summed E-state index contributed by atoms with van der Waals surface area (Å²) in [6.07, 6.45) is 0. The van der Waals surface area contributed by atoms with Crippen LogP contribution < -0.4 is 10.1 Å². The van der Waals surface area contributed by atoms with Gasteiger partial charge in [0.1, 0.15) is 11.5 Å². The Bertz CT molecular complexity index is 323. The summed E-state index contributed by atoms with van der Waals surface area (Å²) in [5.41, 5.74) is 0.893. The van der Waals surface area contributed by atoms with E-state index in [1.54, 1.807) is 13.2 Å². The first-order chi connectivity index (χ1) is 7.04. The molecule has 0 aromatic heterocycles. The van der Waals surface area contributed by atoms with Crippen LogP contribution in [0.2, 0.25) is 0 Å². The van der Waals surface area contributed by atoms with Crippen molar-refractivity contribution in [3.8, 4) is 11.5 Å². The highest BCUT2D eigenvalue weighted by molar-refractivity contribution is 5.41. The van der Waals surface area contributed by atoms with E-state index < -0.39 is 0 Å². The topological polar surface area (TPSA) is 41.5 Å². The van der Waals surface area contributed by atoms with Gasteiger partial charge in [0.2, 0.25) is 0 Å². The van der Waals surface area contributed by atoms with Crippen LogP contribution in [-0.4, -0.2) is 18.3 Å². The Morgan fingerprint density at radius 3 is 2.40 bits per heavy atom. The molecule has 84 valence electrons. The molecule has 0 heterocycles. The largest absolute Gasteiger partial charge is 0.507 e. The van der Waals surface area contributed by atoms with Gasteiger partial charge in [0.05, 0.1) is 7.11 Å². The molecule has 0 spiro atoms. The van der Waals surface area contributed by atoms with E-state index in [2.05, 4.69) is 19.2 Å². The van der Waals surface area contributed by atoms with E-state index in [9.17, 15) is 5.11 Å². The average molecular weight is 209 g/mol. The second-order valence-corrected chi connectivity index (χ2v) is 3.97. The molecule has 0 aliphatic heterocycles. The lowest BCUT2D eigenvalue weighted by Crippen LogP contribution is -2.26. The van der Waals surface area contributed by atoms with Crippen LogP contribution in [0.4, 0.5) is 0 Å². The highest BCUT2D eigenvalue weighted by Gasteiger charge is 2.11. The molecule has 0 aliphatic rings. The molecular weight excluding hydrogens is 190 g/mol. The number of phenols is 1. The number of aromatic hydroxyl groups is 1. The van der Waals surface area contributed by atoms with E-state index in [0.717, 1.165) is 5.56 Å². The Kier molecular flexibility index (Phi) is 3.97. The fourth-order valence-electron chi connectivity index (χ4n) is 1.61. The number of hydrogen-bond donors (Lipinski definition) is 2. The highest BCUT2D eigenvalue weighted by Crippen LogP contribution is 2.28. The van der Waals surface area contributed by atoms with Crippen molar-refractivity contribution in [1.82, 2.24) is 5.32 Å². The molecule has 1 aromatic rings. The normalized spacial score (nSPS) is 12.9. The van der Waals surface area contributed by atoms with E-state index in [1.165, 1.54) is 0 Å². The van der Waals surface area contributed by atoms with Crippen molar-refractivity contribution in [1.29, 1.82) is 0 Å². The van der Waals surface area contributed by atoms with Gasteiger partial charge in [-0.25, -0.2) is 0 Å². The Morgan fingerprint density at radius 1 is 1.27 bits per heavy atom. The van der Waals surface area contributed by atoms with Crippen LogP contribution in [0, 0.1) is 0 Å². The van der Waals surface area contributed by atoms with Gasteiger partial charge in [0.15, 0.2) is 0 Å². The summed E-state index contributed by atoms with van der Waals surface area (Å²) in [6, 6.07) is 5.90. The second kappa shape index (κ2) is 5.03. The monoisotopic (exact) mass is 209 g/mol. The Morgan fingerprint density at radius 2 is 1.93 bits per heavy atom. The lowest BCUT2D eigenvalue weighted by atomic mass is 10.1. The van der Waals surface area contributed by atoms with Crippen molar-refractivity contribution in [2.75, 3.05) is 7.11 Å². The molecule has 2 N–H and O–H groups in total. The average Bonchev–Trinajstić information content (AvgIpc) is 2.16. The number of ether oxygens (including phenoxy) is 1. The molecular formula is C12H19NO2. The zero-order valence-electron chi connectivity index (χ0n) is 9.74. The minimum absolute atomic E-state index is 0.135. The molecule has 1 atom stereocenters. The molecule has 0 amide bonds. The summed E-state index contributed by atoms with van der Waals surface area (Å²) in [5.74, 6) is 0.947. The summed E-state index contributed by atoms with van der Waals surface area (Å²) in [6.45, 7) is 6.19. The first-order valence-electron chi connectivity index (χ1n) is 5.17.